The van der Waals surface area contributed by atoms with E-state index < -0.39 is 14.0 Å². The number of benzene rings is 2. The Balaban J connectivity index is 2.14. The summed E-state index contributed by atoms with van der Waals surface area (Å²) in [6.45, 7) is 0. The molecule has 1 aromatic heterocycles. The fraction of sp³-hybridized carbons (Fsp3) is 0.0625. The van der Waals surface area contributed by atoms with E-state index in [0.29, 0.717) is 17.1 Å². The van der Waals surface area contributed by atoms with Crippen molar-refractivity contribution < 1.29 is 28.6 Å². The summed E-state index contributed by atoms with van der Waals surface area (Å²) in [7, 11) is -1.11. The Labute approximate surface area is 137 Å². The van der Waals surface area contributed by atoms with Crippen LogP contribution in [-0.2, 0) is 0 Å². The number of methoxy groups -OCH3 is 1. The molecule has 0 unspecified atom stereocenters. The minimum Gasteiger partial charge on any atom is -0.507 e. The molecule has 24 heavy (non-hydrogen) atoms. The van der Waals surface area contributed by atoms with Crippen LogP contribution in [0.1, 0.15) is 0 Å². The number of phenolic OH excluding ortho intramolecular Hbond substituents is 1. The zero-order valence-corrected chi connectivity index (χ0v) is 13.4. The molecule has 2 aromatic carbocycles. The topological polar surface area (TPSA) is 109 Å². The third-order valence-corrected chi connectivity index (χ3v) is 3.72. The first kappa shape index (κ1) is 16.3. The largest absolute Gasteiger partial charge is 0.507 e. The maximum atomic E-state index is 12.3. The first-order valence-corrected chi connectivity index (χ1v) is 7.95. The van der Waals surface area contributed by atoms with Gasteiger partial charge in [0, 0.05) is 23.8 Å². The van der Waals surface area contributed by atoms with Crippen LogP contribution in [0.3, 0.4) is 0 Å². The van der Waals surface area contributed by atoms with Crippen molar-refractivity contribution in [1.82, 2.24) is 0 Å². The van der Waals surface area contributed by atoms with Gasteiger partial charge in [0.1, 0.15) is 34.0 Å². The second-order valence-electron chi connectivity index (χ2n) is 4.86. The number of rotatable bonds is 4. The first-order valence-electron chi connectivity index (χ1n) is 6.79. The quantitative estimate of drug-likeness (QED) is 0.622. The molecule has 0 atom stereocenters. The highest BCUT2D eigenvalue weighted by Crippen LogP contribution is 2.36. The van der Waals surface area contributed by atoms with Gasteiger partial charge in [0.2, 0.25) is 0 Å². The van der Waals surface area contributed by atoms with Crippen LogP contribution in [0.5, 0.6) is 17.2 Å². The third kappa shape index (κ3) is 3.19. The van der Waals surface area contributed by atoms with Crippen LogP contribution in [0.4, 0.5) is 0 Å². The van der Waals surface area contributed by atoms with Crippen molar-refractivity contribution in [3.63, 3.8) is 0 Å². The van der Waals surface area contributed by atoms with E-state index in [-0.39, 0.29) is 22.5 Å². The Morgan fingerprint density at radius 3 is 2.38 bits per heavy atom. The van der Waals surface area contributed by atoms with E-state index in [1.807, 2.05) is 0 Å². The molecule has 0 saturated carbocycles. The van der Waals surface area contributed by atoms with Crippen LogP contribution in [0.2, 0.25) is 0 Å². The Hall–Kier alpha value is -2.60. The molecular weight excluding hydrogens is 335 g/mol. The molecule has 7 nitrogen and oxygen atoms in total. The number of phenols is 1. The summed E-state index contributed by atoms with van der Waals surface area (Å²) < 4.78 is 15.5. The smallest absolute Gasteiger partial charge is 0.391 e. The van der Waals surface area contributed by atoms with Crippen molar-refractivity contribution >= 4 is 19.6 Å². The molecule has 0 saturated heterocycles. The second kappa shape index (κ2) is 6.49. The molecule has 3 rings (SSSR count). The van der Waals surface area contributed by atoms with Gasteiger partial charge in [-0.3, -0.25) is 4.79 Å². The summed E-state index contributed by atoms with van der Waals surface area (Å²) in [5.74, 6) is 0.567. The summed E-state index contributed by atoms with van der Waals surface area (Å²) in [4.78, 5) is 30.1. The van der Waals surface area contributed by atoms with Gasteiger partial charge in [-0.15, -0.1) is 0 Å². The molecule has 3 N–H and O–H groups in total. The normalized spacial score (nSPS) is 11.0. The van der Waals surface area contributed by atoms with E-state index in [0.717, 1.165) is 6.07 Å². The van der Waals surface area contributed by atoms with Gasteiger partial charge in [-0.2, -0.15) is 0 Å². The molecular formula is C16H13O7P. The molecule has 3 aromatic rings. The van der Waals surface area contributed by atoms with Gasteiger partial charge >= 0.3 is 8.60 Å². The average molecular weight is 348 g/mol. The van der Waals surface area contributed by atoms with Gasteiger partial charge in [0.05, 0.1) is 7.11 Å². The van der Waals surface area contributed by atoms with E-state index >= 15 is 0 Å². The Morgan fingerprint density at radius 2 is 1.75 bits per heavy atom. The standard InChI is InChI=1S/C16H13O7P/c1-21-10-4-2-9(3-5-10)14-8-13(18)16-12(17)6-11(23-24(19)20)7-15(16)22-14/h2-8,17,19-20H,1H3. The maximum absolute atomic E-state index is 12.3. The van der Waals surface area contributed by atoms with Crippen molar-refractivity contribution in [2.24, 2.45) is 0 Å². The fourth-order valence-corrected chi connectivity index (χ4v) is 2.58. The molecule has 0 radical (unpaired) electrons. The summed E-state index contributed by atoms with van der Waals surface area (Å²) in [6, 6.07) is 10.6. The highest BCUT2D eigenvalue weighted by Gasteiger charge is 2.14. The van der Waals surface area contributed by atoms with Gasteiger partial charge in [0.25, 0.3) is 0 Å². The van der Waals surface area contributed by atoms with E-state index in [4.69, 9.17) is 23.5 Å². The number of aromatic hydroxyl groups is 1. The van der Waals surface area contributed by atoms with Crippen LogP contribution in [0, 0.1) is 0 Å². The summed E-state index contributed by atoms with van der Waals surface area (Å²) in [6.07, 6.45) is 0. The molecule has 0 aliphatic heterocycles. The minimum atomic E-state index is -2.65. The van der Waals surface area contributed by atoms with E-state index in [2.05, 4.69) is 0 Å². The number of ether oxygens (including phenoxy) is 1. The predicted molar refractivity (Wildman–Crippen MR) is 88.1 cm³/mol. The minimum absolute atomic E-state index is 0.0141. The molecule has 0 aliphatic carbocycles. The van der Waals surface area contributed by atoms with Crippen LogP contribution < -0.4 is 14.7 Å². The molecule has 1 heterocycles. The Morgan fingerprint density at radius 1 is 1.04 bits per heavy atom. The molecule has 0 bridgehead atoms. The Kier molecular flexibility index (Phi) is 4.40. The van der Waals surface area contributed by atoms with Gasteiger partial charge in [-0.05, 0) is 24.3 Å². The van der Waals surface area contributed by atoms with Gasteiger partial charge < -0.3 is 28.6 Å². The lowest BCUT2D eigenvalue weighted by atomic mass is 10.1. The Bertz CT molecular complexity index is 932. The zero-order valence-electron chi connectivity index (χ0n) is 12.5. The zero-order chi connectivity index (χ0) is 17.3. The van der Waals surface area contributed by atoms with Crippen molar-refractivity contribution in [1.29, 1.82) is 0 Å². The van der Waals surface area contributed by atoms with Crippen molar-refractivity contribution in [3.8, 4) is 28.6 Å². The summed E-state index contributed by atoms with van der Waals surface area (Å²) >= 11 is 0. The number of fused-ring (bicyclic) bond motifs is 1. The first-order chi connectivity index (χ1) is 11.5. The van der Waals surface area contributed by atoms with Crippen LogP contribution in [0.15, 0.2) is 51.7 Å². The maximum Gasteiger partial charge on any atom is 0.391 e. The number of hydrogen-bond donors (Lipinski definition) is 3. The van der Waals surface area contributed by atoms with Gasteiger partial charge in [-0.1, -0.05) is 0 Å². The fourth-order valence-electron chi connectivity index (χ4n) is 2.29. The third-order valence-electron chi connectivity index (χ3n) is 3.34. The number of hydrogen-bond acceptors (Lipinski definition) is 7. The van der Waals surface area contributed by atoms with Crippen molar-refractivity contribution in [2.75, 3.05) is 7.11 Å². The van der Waals surface area contributed by atoms with E-state index in [9.17, 15) is 9.90 Å². The summed E-state index contributed by atoms with van der Waals surface area (Å²) in [5.41, 5.74) is 0.286. The van der Waals surface area contributed by atoms with Gasteiger partial charge in [0.15, 0.2) is 5.43 Å². The van der Waals surface area contributed by atoms with Crippen LogP contribution >= 0.6 is 8.60 Å². The molecule has 0 spiro atoms. The molecule has 124 valence electrons. The van der Waals surface area contributed by atoms with Crippen LogP contribution in [0.25, 0.3) is 22.3 Å². The lowest BCUT2D eigenvalue weighted by molar-refractivity contribution is 0.374. The van der Waals surface area contributed by atoms with Crippen molar-refractivity contribution in [3.05, 3.63) is 52.7 Å². The highest BCUT2D eigenvalue weighted by molar-refractivity contribution is 7.39. The SMILES string of the molecule is COc1ccc(-c2cc(=O)c3c(O)cc(OP(O)O)cc3o2)cc1. The lowest BCUT2D eigenvalue weighted by Gasteiger charge is -2.09. The predicted octanol–water partition coefficient (Wildman–Crippen LogP) is 2.76. The van der Waals surface area contributed by atoms with E-state index in [1.54, 1.807) is 31.4 Å². The van der Waals surface area contributed by atoms with E-state index in [1.165, 1.54) is 12.1 Å². The average Bonchev–Trinajstić information content (AvgIpc) is 2.53. The molecule has 0 fully saturated rings. The highest BCUT2D eigenvalue weighted by atomic mass is 31.2. The van der Waals surface area contributed by atoms with Crippen molar-refractivity contribution in [2.45, 2.75) is 0 Å². The summed E-state index contributed by atoms with van der Waals surface area (Å²) in [5, 5.41) is 9.95. The molecule has 0 aliphatic rings. The monoisotopic (exact) mass is 348 g/mol. The van der Waals surface area contributed by atoms with Gasteiger partial charge in [-0.25, -0.2) is 0 Å². The lowest BCUT2D eigenvalue weighted by Crippen LogP contribution is -2.01. The second-order valence-corrected chi connectivity index (χ2v) is 5.55. The van der Waals surface area contributed by atoms with Crippen LogP contribution in [-0.4, -0.2) is 22.0 Å². The molecule has 0 amide bonds. The molecule has 8 heteroatoms.